The SMILES string of the molecule is C[Si](C)(/C=C\CC(C(=O)O)c1ccccc1)Cc1ccccc1. The van der Waals surface area contributed by atoms with Gasteiger partial charge in [0.2, 0.25) is 0 Å². The molecule has 23 heavy (non-hydrogen) atoms. The van der Waals surface area contributed by atoms with Crippen LogP contribution in [0.1, 0.15) is 23.5 Å². The quantitative estimate of drug-likeness (QED) is 0.741. The smallest absolute Gasteiger partial charge is 0.311 e. The topological polar surface area (TPSA) is 37.3 Å². The van der Waals surface area contributed by atoms with Crippen molar-refractivity contribution in [3.63, 3.8) is 0 Å². The van der Waals surface area contributed by atoms with Crippen LogP contribution in [0.3, 0.4) is 0 Å². The van der Waals surface area contributed by atoms with Crippen molar-refractivity contribution in [3.8, 4) is 0 Å². The minimum atomic E-state index is -1.52. The third-order valence-electron chi connectivity index (χ3n) is 3.94. The molecule has 1 N–H and O–H groups in total. The third kappa shape index (κ3) is 5.53. The Morgan fingerprint density at radius 3 is 2.17 bits per heavy atom. The summed E-state index contributed by atoms with van der Waals surface area (Å²) < 4.78 is 0. The highest BCUT2D eigenvalue weighted by molar-refractivity contribution is 6.81. The second-order valence-corrected chi connectivity index (χ2v) is 11.3. The van der Waals surface area contributed by atoms with Gasteiger partial charge in [-0.25, -0.2) is 0 Å². The van der Waals surface area contributed by atoms with Crippen molar-refractivity contribution in [3.05, 3.63) is 83.6 Å². The van der Waals surface area contributed by atoms with E-state index in [1.807, 2.05) is 36.4 Å². The van der Waals surface area contributed by atoms with E-state index in [4.69, 9.17) is 0 Å². The van der Waals surface area contributed by atoms with Gasteiger partial charge < -0.3 is 5.11 Å². The molecule has 2 rings (SSSR count). The maximum absolute atomic E-state index is 11.5. The van der Waals surface area contributed by atoms with Gasteiger partial charge in [-0.1, -0.05) is 91.1 Å². The molecule has 0 fully saturated rings. The minimum absolute atomic E-state index is 0.464. The Kier molecular flexibility index (Phi) is 5.94. The molecule has 0 bridgehead atoms. The highest BCUT2D eigenvalue weighted by Crippen LogP contribution is 2.21. The summed E-state index contributed by atoms with van der Waals surface area (Å²) in [7, 11) is -1.52. The zero-order chi connectivity index (χ0) is 16.7. The van der Waals surface area contributed by atoms with Crippen LogP contribution >= 0.6 is 0 Å². The first-order valence-electron chi connectivity index (χ1n) is 7.97. The largest absolute Gasteiger partial charge is 0.481 e. The first kappa shape index (κ1) is 17.2. The summed E-state index contributed by atoms with van der Waals surface area (Å²) in [6.45, 7) is 4.63. The molecular weight excluding hydrogens is 300 g/mol. The Balaban J connectivity index is 2.02. The van der Waals surface area contributed by atoms with Crippen molar-refractivity contribution in [2.45, 2.75) is 31.5 Å². The first-order chi connectivity index (χ1) is 11.0. The summed E-state index contributed by atoms with van der Waals surface area (Å²) in [6.07, 6.45) is 2.62. The molecule has 2 aromatic rings. The van der Waals surface area contributed by atoms with Gasteiger partial charge in [0.1, 0.15) is 0 Å². The monoisotopic (exact) mass is 324 g/mol. The van der Waals surface area contributed by atoms with Crippen LogP contribution in [-0.4, -0.2) is 19.1 Å². The van der Waals surface area contributed by atoms with Gasteiger partial charge in [0, 0.05) is 0 Å². The molecular formula is C20H24O2Si. The van der Waals surface area contributed by atoms with E-state index in [1.54, 1.807) is 0 Å². The molecule has 0 aliphatic carbocycles. The second kappa shape index (κ2) is 7.93. The van der Waals surface area contributed by atoms with Gasteiger partial charge in [0.15, 0.2) is 0 Å². The lowest BCUT2D eigenvalue weighted by Crippen LogP contribution is -2.26. The highest BCUT2D eigenvalue weighted by atomic mass is 28.3. The molecule has 2 aromatic carbocycles. The van der Waals surface area contributed by atoms with Gasteiger partial charge in [-0.3, -0.25) is 4.79 Å². The number of carboxylic acids is 1. The van der Waals surface area contributed by atoms with E-state index in [-0.39, 0.29) is 0 Å². The molecule has 0 heterocycles. The minimum Gasteiger partial charge on any atom is -0.481 e. The summed E-state index contributed by atoms with van der Waals surface area (Å²) in [6, 6.07) is 21.0. The van der Waals surface area contributed by atoms with E-state index < -0.39 is 20.0 Å². The van der Waals surface area contributed by atoms with Crippen LogP contribution in [0, 0.1) is 0 Å². The van der Waals surface area contributed by atoms with Crippen LogP contribution < -0.4 is 0 Å². The summed E-state index contributed by atoms with van der Waals surface area (Å²) >= 11 is 0. The van der Waals surface area contributed by atoms with Crippen molar-refractivity contribution >= 4 is 14.0 Å². The Labute approximate surface area is 139 Å². The van der Waals surface area contributed by atoms with Gasteiger partial charge in [0.05, 0.1) is 14.0 Å². The van der Waals surface area contributed by atoms with E-state index >= 15 is 0 Å². The molecule has 1 atom stereocenters. The average Bonchev–Trinajstić information content (AvgIpc) is 2.52. The number of carbonyl (C=O) groups is 1. The summed E-state index contributed by atoms with van der Waals surface area (Å²) in [5.74, 6) is -1.22. The lowest BCUT2D eigenvalue weighted by molar-refractivity contribution is -0.138. The number of rotatable bonds is 7. The Morgan fingerprint density at radius 1 is 1.04 bits per heavy atom. The normalized spacial score (nSPS) is 13.1. The Morgan fingerprint density at radius 2 is 1.61 bits per heavy atom. The molecule has 120 valence electrons. The van der Waals surface area contributed by atoms with Crippen molar-refractivity contribution in [2.75, 3.05) is 0 Å². The molecule has 0 amide bonds. The Hall–Kier alpha value is -2.13. The highest BCUT2D eigenvalue weighted by Gasteiger charge is 2.20. The predicted molar refractivity (Wildman–Crippen MR) is 98.2 cm³/mol. The van der Waals surface area contributed by atoms with Gasteiger partial charge in [0.25, 0.3) is 0 Å². The van der Waals surface area contributed by atoms with E-state index in [9.17, 15) is 9.90 Å². The zero-order valence-electron chi connectivity index (χ0n) is 13.8. The van der Waals surface area contributed by atoms with E-state index in [1.165, 1.54) is 5.56 Å². The lowest BCUT2D eigenvalue weighted by Gasteiger charge is -2.18. The molecule has 0 aliphatic rings. The van der Waals surface area contributed by atoms with Crippen molar-refractivity contribution in [2.24, 2.45) is 0 Å². The van der Waals surface area contributed by atoms with Crippen molar-refractivity contribution in [1.29, 1.82) is 0 Å². The molecule has 3 heteroatoms. The first-order valence-corrected chi connectivity index (χ1v) is 11.3. The number of hydrogen-bond acceptors (Lipinski definition) is 1. The van der Waals surface area contributed by atoms with E-state index in [0.717, 1.165) is 11.6 Å². The number of allylic oxidation sites excluding steroid dienone is 1. The zero-order valence-corrected chi connectivity index (χ0v) is 14.8. The summed E-state index contributed by atoms with van der Waals surface area (Å²) in [5.41, 5.74) is 4.50. The molecule has 0 radical (unpaired) electrons. The molecule has 0 aliphatic heterocycles. The third-order valence-corrected chi connectivity index (χ3v) is 6.40. The van der Waals surface area contributed by atoms with Crippen LogP contribution in [0.5, 0.6) is 0 Å². The number of aliphatic carboxylic acids is 1. The maximum atomic E-state index is 11.5. The van der Waals surface area contributed by atoms with Gasteiger partial charge in [-0.15, -0.1) is 0 Å². The van der Waals surface area contributed by atoms with E-state index in [2.05, 4.69) is 49.1 Å². The average molecular weight is 324 g/mol. The van der Waals surface area contributed by atoms with Crippen LogP contribution in [0.25, 0.3) is 0 Å². The summed E-state index contributed by atoms with van der Waals surface area (Å²) in [4.78, 5) is 11.5. The van der Waals surface area contributed by atoms with Crippen molar-refractivity contribution < 1.29 is 9.90 Å². The second-order valence-electron chi connectivity index (χ2n) is 6.59. The summed E-state index contributed by atoms with van der Waals surface area (Å²) in [5, 5.41) is 9.47. The van der Waals surface area contributed by atoms with Crippen LogP contribution in [0.15, 0.2) is 72.4 Å². The van der Waals surface area contributed by atoms with Gasteiger partial charge in [-0.05, 0) is 18.0 Å². The fourth-order valence-electron chi connectivity index (χ4n) is 2.77. The number of hydrogen-bond donors (Lipinski definition) is 1. The van der Waals surface area contributed by atoms with E-state index in [0.29, 0.717) is 6.42 Å². The number of benzene rings is 2. The fourth-order valence-corrected chi connectivity index (χ4v) is 4.95. The van der Waals surface area contributed by atoms with Crippen LogP contribution in [-0.2, 0) is 10.8 Å². The lowest BCUT2D eigenvalue weighted by atomic mass is 9.96. The molecule has 0 saturated heterocycles. The molecule has 0 spiro atoms. The molecule has 2 nitrogen and oxygen atoms in total. The number of carboxylic acid groups (broad SMARTS) is 1. The maximum Gasteiger partial charge on any atom is 0.311 e. The fraction of sp³-hybridized carbons (Fsp3) is 0.250. The molecule has 0 saturated carbocycles. The standard InChI is InChI=1S/C20H24O2Si/c1-23(2,16-17-10-5-3-6-11-17)15-9-14-19(20(21)22)18-12-7-4-8-13-18/h3-13,15,19H,14,16H2,1-2H3,(H,21,22)/b15-9-. The Bertz CT molecular complexity index is 648. The van der Waals surface area contributed by atoms with Crippen molar-refractivity contribution in [1.82, 2.24) is 0 Å². The van der Waals surface area contributed by atoms with Gasteiger partial charge in [-0.2, -0.15) is 0 Å². The molecule has 1 unspecified atom stereocenters. The predicted octanol–water partition coefficient (Wildman–Crippen LogP) is 4.83. The molecule has 0 aromatic heterocycles. The van der Waals surface area contributed by atoms with Crippen LogP contribution in [0.2, 0.25) is 13.1 Å². The van der Waals surface area contributed by atoms with Gasteiger partial charge >= 0.3 is 5.97 Å². The van der Waals surface area contributed by atoms with Crippen LogP contribution in [0.4, 0.5) is 0 Å².